The summed E-state index contributed by atoms with van der Waals surface area (Å²) in [5.74, 6) is 0.507. The van der Waals surface area contributed by atoms with Crippen LogP contribution in [0.3, 0.4) is 0 Å². The molecule has 6 heteroatoms. The number of carbonyl (C=O) groups is 1. The summed E-state index contributed by atoms with van der Waals surface area (Å²) in [6, 6.07) is 5.55. The predicted octanol–water partition coefficient (Wildman–Crippen LogP) is 1.68. The molecule has 3 rings (SSSR count). The van der Waals surface area contributed by atoms with E-state index in [-0.39, 0.29) is 5.92 Å². The van der Waals surface area contributed by atoms with Crippen LogP contribution in [0.1, 0.15) is 30.9 Å². The fraction of sp³-hybridized carbons (Fsp3) is 0.588. The minimum atomic E-state index is -0.694. The molecule has 2 aliphatic rings. The van der Waals surface area contributed by atoms with E-state index in [1.165, 1.54) is 0 Å². The lowest BCUT2D eigenvalue weighted by atomic mass is 9.96. The third-order valence-electron chi connectivity index (χ3n) is 4.61. The van der Waals surface area contributed by atoms with E-state index in [0.29, 0.717) is 38.2 Å². The van der Waals surface area contributed by atoms with Gasteiger partial charge >= 0.3 is 5.97 Å². The SMILES string of the molecule is O=C(O)C1CCN(CCC(O)c2ccc3c(c2)OCCO3)CC1. The van der Waals surface area contributed by atoms with Crippen molar-refractivity contribution < 1.29 is 24.5 Å². The van der Waals surface area contributed by atoms with Gasteiger partial charge in [0.1, 0.15) is 13.2 Å². The molecule has 0 bridgehead atoms. The van der Waals surface area contributed by atoms with Crippen LogP contribution in [0.15, 0.2) is 18.2 Å². The molecule has 2 aliphatic heterocycles. The van der Waals surface area contributed by atoms with Crippen molar-refractivity contribution in [3.05, 3.63) is 23.8 Å². The maximum Gasteiger partial charge on any atom is 0.306 e. The second-order valence-corrected chi connectivity index (χ2v) is 6.16. The van der Waals surface area contributed by atoms with E-state index in [0.717, 1.165) is 30.9 Å². The van der Waals surface area contributed by atoms with Crippen LogP contribution in [0.2, 0.25) is 0 Å². The molecule has 6 nitrogen and oxygen atoms in total. The van der Waals surface area contributed by atoms with Gasteiger partial charge in [-0.15, -0.1) is 0 Å². The van der Waals surface area contributed by atoms with E-state index >= 15 is 0 Å². The second kappa shape index (κ2) is 7.19. The van der Waals surface area contributed by atoms with Crippen LogP contribution in [-0.4, -0.2) is 53.9 Å². The van der Waals surface area contributed by atoms with Gasteiger partial charge in [0.2, 0.25) is 0 Å². The average Bonchev–Trinajstić information content (AvgIpc) is 2.59. The van der Waals surface area contributed by atoms with Crippen LogP contribution >= 0.6 is 0 Å². The minimum absolute atomic E-state index is 0.214. The molecule has 1 atom stereocenters. The molecule has 23 heavy (non-hydrogen) atoms. The third-order valence-corrected chi connectivity index (χ3v) is 4.61. The zero-order valence-corrected chi connectivity index (χ0v) is 13.1. The number of aliphatic carboxylic acids is 1. The van der Waals surface area contributed by atoms with Crippen molar-refractivity contribution >= 4 is 5.97 Å². The summed E-state index contributed by atoms with van der Waals surface area (Å²) >= 11 is 0. The van der Waals surface area contributed by atoms with E-state index < -0.39 is 12.1 Å². The number of nitrogens with zero attached hydrogens (tertiary/aromatic N) is 1. The first-order chi connectivity index (χ1) is 11.1. The number of hydrogen-bond acceptors (Lipinski definition) is 5. The largest absolute Gasteiger partial charge is 0.486 e. The molecular formula is C17H23NO5. The molecule has 1 saturated heterocycles. The number of carboxylic acid groups (broad SMARTS) is 1. The van der Waals surface area contributed by atoms with Gasteiger partial charge in [0.15, 0.2) is 11.5 Å². The first-order valence-corrected chi connectivity index (χ1v) is 8.16. The molecule has 1 unspecified atom stereocenters. The maximum absolute atomic E-state index is 10.9. The zero-order valence-electron chi connectivity index (χ0n) is 13.1. The second-order valence-electron chi connectivity index (χ2n) is 6.16. The number of aliphatic hydroxyl groups excluding tert-OH is 1. The standard InChI is InChI=1S/C17H23NO5/c19-14(5-8-18-6-3-12(4-7-18)17(20)21)13-1-2-15-16(11-13)23-10-9-22-15/h1-2,11-12,14,19H,3-10H2,(H,20,21). The van der Waals surface area contributed by atoms with E-state index in [4.69, 9.17) is 14.6 Å². The summed E-state index contributed by atoms with van der Waals surface area (Å²) in [6.07, 6.45) is 1.45. The Morgan fingerprint density at radius 3 is 2.61 bits per heavy atom. The van der Waals surface area contributed by atoms with Crippen LogP contribution in [0.5, 0.6) is 11.5 Å². The van der Waals surface area contributed by atoms with Crippen LogP contribution in [0, 0.1) is 5.92 Å². The van der Waals surface area contributed by atoms with Crippen molar-refractivity contribution in [2.45, 2.75) is 25.4 Å². The van der Waals surface area contributed by atoms with E-state index in [9.17, 15) is 9.90 Å². The molecule has 0 aliphatic carbocycles. The van der Waals surface area contributed by atoms with Gasteiger partial charge in [-0.1, -0.05) is 6.07 Å². The fourth-order valence-electron chi connectivity index (χ4n) is 3.14. The summed E-state index contributed by atoms with van der Waals surface area (Å²) in [6.45, 7) is 3.42. The predicted molar refractivity (Wildman–Crippen MR) is 83.8 cm³/mol. The van der Waals surface area contributed by atoms with E-state index in [2.05, 4.69) is 4.90 Å². The third kappa shape index (κ3) is 3.95. The number of rotatable bonds is 5. The smallest absolute Gasteiger partial charge is 0.306 e. The first-order valence-electron chi connectivity index (χ1n) is 8.16. The average molecular weight is 321 g/mol. The Bertz CT molecular complexity index is 554. The summed E-state index contributed by atoms with van der Waals surface area (Å²) in [5.41, 5.74) is 0.828. The summed E-state index contributed by atoms with van der Waals surface area (Å²) in [7, 11) is 0. The molecular weight excluding hydrogens is 298 g/mol. The number of fused-ring (bicyclic) bond motifs is 1. The monoisotopic (exact) mass is 321 g/mol. The van der Waals surface area contributed by atoms with Crippen LogP contribution in [-0.2, 0) is 4.79 Å². The van der Waals surface area contributed by atoms with Gasteiger partial charge < -0.3 is 24.6 Å². The van der Waals surface area contributed by atoms with Crippen molar-refractivity contribution in [1.29, 1.82) is 0 Å². The highest BCUT2D eigenvalue weighted by Crippen LogP contribution is 2.33. The molecule has 1 aromatic carbocycles. The number of aliphatic hydroxyl groups is 1. The van der Waals surface area contributed by atoms with E-state index in [1.54, 1.807) is 0 Å². The fourth-order valence-corrected chi connectivity index (χ4v) is 3.14. The summed E-state index contributed by atoms with van der Waals surface area (Å²) in [5, 5.41) is 19.4. The molecule has 0 radical (unpaired) electrons. The molecule has 126 valence electrons. The molecule has 1 fully saturated rings. The van der Waals surface area contributed by atoms with Crippen molar-refractivity contribution in [1.82, 2.24) is 4.90 Å². The zero-order chi connectivity index (χ0) is 16.2. The highest BCUT2D eigenvalue weighted by atomic mass is 16.6. The number of hydrogen-bond donors (Lipinski definition) is 2. The van der Waals surface area contributed by atoms with Crippen LogP contribution < -0.4 is 9.47 Å². The van der Waals surface area contributed by atoms with Gasteiger partial charge in [0, 0.05) is 6.54 Å². The Hall–Kier alpha value is -1.79. The molecule has 0 aromatic heterocycles. The van der Waals surface area contributed by atoms with Gasteiger partial charge in [0.25, 0.3) is 0 Å². The molecule has 2 heterocycles. The van der Waals surface area contributed by atoms with Gasteiger partial charge in [0.05, 0.1) is 12.0 Å². The number of piperidine rings is 1. The Labute approximate surface area is 135 Å². The lowest BCUT2D eigenvalue weighted by molar-refractivity contribution is -0.143. The molecule has 0 amide bonds. The first kappa shape index (κ1) is 16.1. The minimum Gasteiger partial charge on any atom is -0.486 e. The highest BCUT2D eigenvalue weighted by molar-refractivity contribution is 5.70. The Balaban J connectivity index is 1.50. The maximum atomic E-state index is 10.9. The summed E-state index contributed by atoms with van der Waals surface area (Å²) in [4.78, 5) is 13.2. The Morgan fingerprint density at radius 1 is 1.22 bits per heavy atom. The van der Waals surface area contributed by atoms with Crippen LogP contribution in [0.25, 0.3) is 0 Å². The van der Waals surface area contributed by atoms with Crippen LogP contribution in [0.4, 0.5) is 0 Å². The number of likely N-dealkylation sites (tertiary alicyclic amines) is 1. The lowest BCUT2D eigenvalue weighted by Crippen LogP contribution is -2.37. The van der Waals surface area contributed by atoms with E-state index in [1.807, 2.05) is 18.2 Å². The van der Waals surface area contributed by atoms with Crippen molar-refractivity contribution in [3.63, 3.8) is 0 Å². The molecule has 2 N–H and O–H groups in total. The van der Waals surface area contributed by atoms with Crippen molar-refractivity contribution in [2.24, 2.45) is 5.92 Å². The normalized spacial score (nSPS) is 20.2. The number of carboxylic acids is 1. The van der Waals surface area contributed by atoms with Gasteiger partial charge in [-0.2, -0.15) is 0 Å². The molecule has 0 saturated carbocycles. The number of ether oxygens (including phenoxy) is 2. The van der Waals surface area contributed by atoms with Crippen molar-refractivity contribution in [3.8, 4) is 11.5 Å². The van der Waals surface area contributed by atoms with Crippen molar-refractivity contribution in [2.75, 3.05) is 32.8 Å². The van der Waals surface area contributed by atoms with Gasteiger partial charge in [-0.05, 0) is 50.0 Å². The Kier molecular flexibility index (Phi) is 5.03. The highest BCUT2D eigenvalue weighted by Gasteiger charge is 2.24. The molecule has 1 aromatic rings. The lowest BCUT2D eigenvalue weighted by Gasteiger charge is -2.30. The topological polar surface area (TPSA) is 79.2 Å². The van der Waals surface area contributed by atoms with Gasteiger partial charge in [-0.25, -0.2) is 0 Å². The van der Waals surface area contributed by atoms with Gasteiger partial charge in [-0.3, -0.25) is 4.79 Å². The molecule has 0 spiro atoms. The summed E-state index contributed by atoms with van der Waals surface area (Å²) < 4.78 is 11.0. The number of benzene rings is 1. The quantitative estimate of drug-likeness (QED) is 0.859. The Morgan fingerprint density at radius 2 is 1.91 bits per heavy atom.